The van der Waals surface area contributed by atoms with Crippen LogP contribution in [-0.2, 0) is 17.1 Å². The van der Waals surface area contributed by atoms with E-state index in [9.17, 15) is 8.42 Å². The Hall–Kier alpha value is -0.920. The highest BCUT2D eigenvalue weighted by Crippen LogP contribution is 2.37. The van der Waals surface area contributed by atoms with Crippen molar-refractivity contribution in [2.45, 2.75) is 24.4 Å². The van der Waals surface area contributed by atoms with Crippen LogP contribution in [0.3, 0.4) is 0 Å². The molecule has 0 spiro atoms. The van der Waals surface area contributed by atoms with Gasteiger partial charge in [0, 0.05) is 25.8 Å². The number of nitrogens with one attached hydrogen (secondary N) is 1. The monoisotopic (exact) mass is 284 g/mol. The Morgan fingerprint density at radius 2 is 2.26 bits per heavy atom. The summed E-state index contributed by atoms with van der Waals surface area (Å²) < 4.78 is 28.7. The fraction of sp³-hybridized carbons (Fsp3) is 0.750. The van der Waals surface area contributed by atoms with Crippen LogP contribution in [0.15, 0.2) is 17.6 Å². The molecule has 0 bridgehead atoms. The van der Waals surface area contributed by atoms with Gasteiger partial charge in [0.1, 0.15) is 0 Å². The van der Waals surface area contributed by atoms with E-state index >= 15 is 0 Å². The molecule has 106 valence electrons. The van der Waals surface area contributed by atoms with Crippen LogP contribution in [0, 0.1) is 11.8 Å². The molecular formula is C12H20N4O2S. The number of hydrogen-bond donors (Lipinski definition) is 1. The van der Waals surface area contributed by atoms with Gasteiger partial charge in [0.25, 0.3) is 10.0 Å². The molecule has 7 heteroatoms. The summed E-state index contributed by atoms with van der Waals surface area (Å²) in [6, 6.07) is 0.104. The molecule has 19 heavy (non-hydrogen) atoms. The molecule has 2 aliphatic heterocycles. The number of sulfonamides is 1. The number of imidazole rings is 1. The lowest BCUT2D eigenvalue weighted by molar-refractivity contribution is 0.328. The largest absolute Gasteiger partial charge is 0.339 e. The van der Waals surface area contributed by atoms with Gasteiger partial charge in [-0.3, -0.25) is 0 Å². The predicted molar refractivity (Wildman–Crippen MR) is 71.0 cm³/mol. The van der Waals surface area contributed by atoms with Crippen molar-refractivity contribution in [3.63, 3.8) is 0 Å². The maximum absolute atomic E-state index is 12.7. The van der Waals surface area contributed by atoms with E-state index in [4.69, 9.17) is 0 Å². The Kier molecular flexibility index (Phi) is 3.15. The molecule has 2 aliphatic rings. The minimum Gasteiger partial charge on any atom is -0.339 e. The van der Waals surface area contributed by atoms with E-state index in [2.05, 4.69) is 17.2 Å². The van der Waals surface area contributed by atoms with Gasteiger partial charge in [0.15, 0.2) is 5.03 Å². The zero-order valence-electron chi connectivity index (χ0n) is 11.3. The molecule has 3 heterocycles. The molecule has 1 aromatic rings. The Morgan fingerprint density at radius 1 is 1.47 bits per heavy atom. The molecule has 0 aromatic carbocycles. The molecule has 3 unspecified atom stereocenters. The van der Waals surface area contributed by atoms with Crippen LogP contribution < -0.4 is 5.32 Å². The Labute approximate surface area is 113 Å². The molecule has 1 N–H and O–H groups in total. The topological polar surface area (TPSA) is 67.2 Å². The molecule has 2 saturated heterocycles. The molecule has 3 atom stereocenters. The average Bonchev–Trinajstić information content (AvgIpc) is 3.02. The predicted octanol–water partition coefficient (Wildman–Crippen LogP) is 0.0386. The van der Waals surface area contributed by atoms with Crippen LogP contribution in [0.4, 0.5) is 0 Å². The second-order valence-corrected chi connectivity index (χ2v) is 7.35. The van der Waals surface area contributed by atoms with E-state index in [1.807, 2.05) is 0 Å². The van der Waals surface area contributed by atoms with Crippen LogP contribution in [0.2, 0.25) is 0 Å². The third-order valence-electron chi connectivity index (χ3n) is 4.34. The summed E-state index contributed by atoms with van der Waals surface area (Å²) >= 11 is 0. The van der Waals surface area contributed by atoms with Crippen LogP contribution in [0.1, 0.15) is 13.3 Å². The van der Waals surface area contributed by atoms with Gasteiger partial charge in [-0.05, 0) is 31.3 Å². The lowest BCUT2D eigenvalue weighted by atomic mass is 9.93. The average molecular weight is 284 g/mol. The number of fused-ring (bicyclic) bond motifs is 1. The standard InChI is InChI=1S/C12H20N4O2S/c1-3-11-10-5-13-4-9(10)6-16(11)19(17,18)12-7-15(2)8-14-12/h7-11,13H,3-6H2,1-2H3. The second kappa shape index (κ2) is 4.57. The lowest BCUT2D eigenvalue weighted by Gasteiger charge is -2.25. The van der Waals surface area contributed by atoms with Crippen LogP contribution >= 0.6 is 0 Å². The summed E-state index contributed by atoms with van der Waals surface area (Å²) in [6.07, 6.45) is 3.97. The summed E-state index contributed by atoms with van der Waals surface area (Å²) in [5, 5.41) is 3.53. The van der Waals surface area contributed by atoms with Crippen molar-refractivity contribution in [3.05, 3.63) is 12.5 Å². The molecule has 0 saturated carbocycles. The number of rotatable bonds is 3. The third kappa shape index (κ3) is 2.00. The van der Waals surface area contributed by atoms with Gasteiger partial charge in [0.05, 0.1) is 6.33 Å². The summed E-state index contributed by atoms with van der Waals surface area (Å²) in [5.41, 5.74) is 0. The van der Waals surface area contributed by atoms with Gasteiger partial charge in [-0.2, -0.15) is 4.31 Å². The molecule has 6 nitrogen and oxygen atoms in total. The van der Waals surface area contributed by atoms with Gasteiger partial charge < -0.3 is 9.88 Å². The van der Waals surface area contributed by atoms with E-state index in [0.29, 0.717) is 18.4 Å². The molecule has 0 radical (unpaired) electrons. The first-order valence-electron chi connectivity index (χ1n) is 6.74. The Morgan fingerprint density at radius 3 is 2.89 bits per heavy atom. The summed E-state index contributed by atoms with van der Waals surface area (Å²) in [4.78, 5) is 4.01. The lowest BCUT2D eigenvalue weighted by Crippen LogP contribution is -2.39. The van der Waals surface area contributed by atoms with E-state index in [1.54, 1.807) is 22.1 Å². The zero-order chi connectivity index (χ0) is 13.6. The van der Waals surface area contributed by atoms with Crippen molar-refractivity contribution < 1.29 is 8.42 Å². The van der Waals surface area contributed by atoms with Crippen molar-refractivity contribution in [1.82, 2.24) is 19.2 Å². The third-order valence-corrected chi connectivity index (χ3v) is 6.12. The van der Waals surface area contributed by atoms with Gasteiger partial charge in [0.2, 0.25) is 0 Å². The molecule has 3 rings (SSSR count). The minimum atomic E-state index is -3.45. The second-order valence-electron chi connectivity index (χ2n) is 5.51. The SMILES string of the molecule is CCC1C2CNCC2CN1S(=O)(=O)c1cn(C)cn1. The van der Waals surface area contributed by atoms with Gasteiger partial charge in [-0.15, -0.1) is 0 Å². The fourth-order valence-corrected chi connectivity index (χ4v) is 5.18. The maximum Gasteiger partial charge on any atom is 0.262 e. The first-order chi connectivity index (χ1) is 9.04. The summed E-state index contributed by atoms with van der Waals surface area (Å²) in [6.45, 7) is 4.54. The molecule has 0 amide bonds. The Balaban J connectivity index is 1.93. The first-order valence-corrected chi connectivity index (χ1v) is 8.18. The van der Waals surface area contributed by atoms with E-state index in [0.717, 1.165) is 19.5 Å². The normalized spacial score (nSPS) is 31.8. The minimum absolute atomic E-state index is 0.104. The maximum atomic E-state index is 12.7. The van der Waals surface area contributed by atoms with Crippen LogP contribution in [0.5, 0.6) is 0 Å². The van der Waals surface area contributed by atoms with Gasteiger partial charge >= 0.3 is 0 Å². The van der Waals surface area contributed by atoms with E-state index < -0.39 is 10.0 Å². The Bertz CT molecular complexity index is 568. The van der Waals surface area contributed by atoms with Gasteiger partial charge in [-0.1, -0.05) is 6.92 Å². The van der Waals surface area contributed by atoms with Crippen molar-refractivity contribution in [1.29, 1.82) is 0 Å². The molecule has 0 aliphatic carbocycles. The fourth-order valence-electron chi connectivity index (χ4n) is 3.41. The smallest absolute Gasteiger partial charge is 0.262 e. The number of nitrogens with zero attached hydrogens (tertiary/aromatic N) is 3. The zero-order valence-corrected chi connectivity index (χ0v) is 12.1. The molecule has 2 fully saturated rings. The quantitative estimate of drug-likeness (QED) is 0.851. The van der Waals surface area contributed by atoms with Crippen molar-refractivity contribution in [2.75, 3.05) is 19.6 Å². The van der Waals surface area contributed by atoms with Crippen LogP contribution in [-0.4, -0.2) is 48.0 Å². The highest BCUT2D eigenvalue weighted by atomic mass is 32.2. The summed E-state index contributed by atoms with van der Waals surface area (Å²) in [5.74, 6) is 0.895. The molecule has 1 aromatic heterocycles. The number of aryl methyl sites for hydroxylation is 1. The summed E-state index contributed by atoms with van der Waals surface area (Å²) in [7, 11) is -1.66. The van der Waals surface area contributed by atoms with E-state index in [-0.39, 0.29) is 11.1 Å². The van der Waals surface area contributed by atoms with Crippen molar-refractivity contribution in [2.24, 2.45) is 18.9 Å². The highest BCUT2D eigenvalue weighted by molar-refractivity contribution is 7.89. The van der Waals surface area contributed by atoms with Crippen LogP contribution in [0.25, 0.3) is 0 Å². The highest BCUT2D eigenvalue weighted by Gasteiger charge is 2.48. The first kappa shape index (κ1) is 13.1. The van der Waals surface area contributed by atoms with E-state index in [1.165, 1.54) is 6.33 Å². The number of hydrogen-bond acceptors (Lipinski definition) is 4. The molecular weight excluding hydrogens is 264 g/mol. The van der Waals surface area contributed by atoms with Crippen molar-refractivity contribution >= 4 is 10.0 Å². The van der Waals surface area contributed by atoms with Gasteiger partial charge in [-0.25, -0.2) is 13.4 Å². The number of aromatic nitrogens is 2. The van der Waals surface area contributed by atoms with Crippen molar-refractivity contribution in [3.8, 4) is 0 Å².